The van der Waals surface area contributed by atoms with Crippen molar-refractivity contribution in [1.82, 2.24) is 20.1 Å². The first-order chi connectivity index (χ1) is 16.8. The Morgan fingerprint density at radius 1 is 1.09 bits per heavy atom. The fourth-order valence-corrected chi connectivity index (χ4v) is 4.27. The van der Waals surface area contributed by atoms with Crippen molar-refractivity contribution in [3.05, 3.63) is 63.9 Å². The second-order valence-electron chi connectivity index (χ2n) is 7.58. The lowest BCUT2D eigenvalue weighted by Crippen LogP contribution is -2.36. The smallest absolute Gasteiger partial charge is 0.261 e. The highest BCUT2D eigenvalue weighted by Gasteiger charge is 2.18. The summed E-state index contributed by atoms with van der Waals surface area (Å²) in [5, 5.41) is 15.3. The van der Waals surface area contributed by atoms with E-state index in [1.807, 2.05) is 35.8 Å². The molecule has 3 rings (SSSR count). The molecule has 1 aromatic heterocycles. The molecule has 11 heteroatoms. The van der Waals surface area contributed by atoms with Crippen LogP contribution in [0.25, 0.3) is 0 Å². The average Bonchev–Trinajstić information content (AvgIpc) is 3.25. The van der Waals surface area contributed by atoms with Crippen LogP contribution in [0, 0.1) is 0 Å². The van der Waals surface area contributed by atoms with Gasteiger partial charge in [-0.15, -0.1) is 10.2 Å². The number of carbonyl (C=O) groups is 2. The standard InChI is InChI=1S/C24H27Cl2N5O3S/c1-4-16-6-9-18(10-7-16)34-15(3)23(33)27-13-21-29-30-24(31(21)5-2)35-14-22(32)28-17-8-11-19(25)20(26)12-17/h6-12,15H,4-5,13-14H2,1-3H3,(H,27,33)(H,28,32)/t15-/m0/s1. The van der Waals surface area contributed by atoms with E-state index in [0.717, 1.165) is 6.42 Å². The lowest BCUT2D eigenvalue weighted by molar-refractivity contribution is -0.127. The van der Waals surface area contributed by atoms with Gasteiger partial charge >= 0.3 is 0 Å². The molecule has 0 aliphatic carbocycles. The predicted molar refractivity (Wildman–Crippen MR) is 139 cm³/mol. The van der Waals surface area contributed by atoms with Gasteiger partial charge in [0.15, 0.2) is 17.1 Å². The number of aryl methyl sites for hydroxylation is 1. The SMILES string of the molecule is CCc1ccc(O[C@@H](C)C(=O)NCc2nnc(SCC(=O)Nc3ccc(Cl)c(Cl)c3)n2CC)cc1. The third-order valence-electron chi connectivity index (χ3n) is 5.08. The van der Waals surface area contributed by atoms with E-state index in [0.29, 0.717) is 39.0 Å². The number of hydrogen-bond donors (Lipinski definition) is 2. The van der Waals surface area contributed by atoms with Gasteiger partial charge in [-0.2, -0.15) is 0 Å². The largest absolute Gasteiger partial charge is 0.481 e. The Labute approximate surface area is 218 Å². The van der Waals surface area contributed by atoms with Gasteiger partial charge in [0.1, 0.15) is 5.75 Å². The van der Waals surface area contributed by atoms with Gasteiger partial charge in [-0.25, -0.2) is 0 Å². The van der Waals surface area contributed by atoms with Crippen LogP contribution in [0.5, 0.6) is 5.75 Å². The molecule has 8 nitrogen and oxygen atoms in total. The zero-order valence-corrected chi connectivity index (χ0v) is 22.0. The molecular weight excluding hydrogens is 509 g/mol. The summed E-state index contributed by atoms with van der Waals surface area (Å²) in [6.45, 7) is 6.50. The van der Waals surface area contributed by atoms with Gasteiger partial charge in [0.25, 0.3) is 5.91 Å². The Kier molecular flexibility index (Phi) is 9.83. The van der Waals surface area contributed by atoms with Crippen molar-refractivity contribution < 1.29 is 14.3 Å². The molecule has 0 saturated carbocycles. The van der Waals surface area contributed by atoms with Crippen molar-refractivity contribution in [2.75, 3.05) is 11.1 Å². The Morgan fingerprint density at radius 3 is 2.49 bits per heavy atom. The number of hydrogen-bond acceptors (Lipinski definition) is 6. The summed E-state index contributed by atoms with van der Waals surface area (Å²) in [4.78, 5) is 24.8. The minimum absolute atomic E-state index is 0.131. The predicted octanol–water partition coefficient (Wildman–Crippen LogP) is 4.98. The van der Waals surface area contributed by atoms with Gasteiger partial charge in [0.2, 0.25) is 5.91 Å². The maximum absolute atomic E-state index is 12.5. The molecular formula is C24H27Cl2N5O3S. The summed E-state index contributed by atoms with van der Waals surface area (Å²) in [6, 6.07) is 12.6. The van der Waals surface area contributed by atoms with Gasteiger partial charge in [0, 0.05) is 12.2 Å². The van der Waals surface area contributed by atoms with Crippen molar-refractivity contribution in [2.24, 2.45) is 0 Å². The molecule has 0 aliphatic heterocycles. The van der Waals surface area contributed by atoms with Crippen LogP contribution >= 0.6 is 35.0 Å². The number of amides is 2. The molecule has 3 aromatic rings. The molecule has 35 heavy (non-hydrogen) atoms. The maximum Gasteiger partial charge on any atom is 0.261 e. The van der Waals surface area contributed by atoms with Gasteiger partial charge in [-0.05, 0) is 56.2 Å². The van der Waals surface area contributed by atoms with Crippen LogP contribution in [0.2, 0.25) is 10.0 Å². The topological polar surface area (TPSA) is 98.1 Å². The first-order valence-electron chi connectivity index (χ1n) is 11.1. The number of ether oxygens (including phenoxy) is 1. The summed E-state index contributed by atoms with van der Waals surface area (Å²) in [6.07, 6.45) is 0.274. The first-order valence-corrected chi connectivity index (χ1v) is 12.9. The Morgan fingerprint density at radius 2 is 1.83 bits per heavy atom. The van der Waals surface area contributed by atoms with Crippen LogP contribution in [-0.2, 0) is 29.1 Å². The van der Waals surface area contributed by atoms with E-state index in [-0.39, 0.29) is 24.1 Å². The van der Waals surface area contributed by atoms with Gasteiger partial charge in [-0.3, -0.25) is 9.59 Å². The number of aromatic nitrogens is 3. The molecule has 2 N–H and O–H groups in total. The molecule has 0 bridgehead atoms. The summed E-state index contributed by atoms with van der Waals surface area (Å²) < 4.78 is 7.59. The van der Waals surface area contributed by atoms with Crippen LogP contribution < -0.4 is 15.4 Å². The van der Waals surface area contributed by atoms with Crippen LogP contribution in [-0.4, -0.2) is 38.4 Å². The van der Waals surface area contributed by atoms with E-state index in [2.05, 4.69) is 27.8 Å². The zero-order valence-electron chi connectivity index (χ0n) is 19.7. The molecule has 2 aromatic carbocycles. The van der Waals surface area contributed by atoms with Crippen molar-refractivity contribution in [1.29, 1.82) is 0 Å². The minimum Gasteiger partial charge on any atom is -0.481 e. The van der Waals surface area contributed by atoms with Crippen LogP contribution in [0.1, 0.15) is 32.2 Å². The van der Waals surface area contributed by atoms with Crippen molar-refractivity contribution in [2.45, 2.75) is 51.5 Å². The molecule has 0 fully saturated rings. The third kappa shape index (κ3) is 7.62. The normalized spacial score (nSPS) is 11.7. The van der Waals surface area contributed by atoms with Gasteiger partial charge < -0.3 is 19.9 Å². The van der Waals surface area contributed by atoms with Crippen LogP contribution in [0.3, 0.4) is 0 Å². The summed E-state index contributed by atoms with van der Waals surface area (Å²) in [5.41, 5.74) is 1.76. The molecule has 0 spiro atoms. The number of nitrogens with one attached hydrogen (secondary N) is 2. The van der Waals surface area contributed by atoms with E-state index in [1.165, 1.54) is 17.3 Å². The van der Waals surface area contributed by atoms with E-state index >= 15 is 0 Å². The highest BCUT2D eigenvalue weighted by Crippen LogP contribution is 2.25. The number of benzene rings is 2. The van der Waals surface area contributed by atoms with Crippen molar-refractivity contribution in [3.63, 3.8) is 0 Å². The van der Waals surface area contributed by atoms with E-state index in [9.17, 15) is 9.59 Å². The summed E-state index contributed by atoms with van der Waals surface area (Å²) in [5.74, 6) is 0.885. The molecule has 186 valence electrons. The molecule has 0 aliphatic rings. The highest BCUT2D eigenvalue weighted by atomic mass is 35.5. The van der Waals surface area contributed by atoms with Crippen molar-refractivity contribution in [3.8, 4) is 5.75 Å². The molecule has 2 amide bonds. The lowest BCUT2D eigenvalue weighted by Gasteiger charge is -2.15. The fraction of sp³-hybridized carbons (Fsp3) is 0.333. The third-order valence-corrected chi connectivity index (χ3v) is 6.79. The number of nitrogens with zero attached hydrogens (tertiary/aromatic N) is 3. The number of thioether (sulfide) groups is 1. The second-order valence-corrected chi connectivity index (χ2v) is 9.34. The number of carbonyl (C=O) groups excluding carboxylic acids is 2. The lowest BCUT2D eigenvalue weighted by atomic mass is 10.2. The number of rotatable bonds is 11. The quantitative estimate of drug-likeness (QED) is 0.336. The summed E-state index contributed by atoms with van der Waals surface area (Å²) in [7, 11) is 0. The molecule has 1 atom stereocenters. The van der Waals surface area contributed by atoms with E-state index in [4.69, 9.17) is 27.9 Å². The average molecular weight is 536 g/mol. The molecule has 0 saturated heterocycles. The van der Waals surface area contributed by atoms with Gasteiger partial charge in [-0.1, -0.05) is 54.0 Å². The Hall–Kier alpha value is -2.75. The first kappa shape index (κ1) is 26.8. The molecule has 0 radical (unpaired) electrons. The highest BCUT2D eigenvalue weighted by molar-refractivity contribution is 7.99. The number of anilines is 1. The fourth-order valence-electron chi connectivity index (χ4n) is 3.15. The van der Waals surface area contributed by atoms with Gasteiger partial charge in [0.05, 0.1) is 22.3 Å². The molecule has 0 unspecified atom stereocenters. The minimum atomic E-state index is -0.667. The van der Waals surface area contributed by atoms with E-state index in [1.54, 1.807) is 25.1 Å². The van der Waals surface area contributed by atoms with Crippen molar-refractivity contribution >= 4 is 52.5 Å². The summed E-state index contributed by atoms with van der Waals surface area (Å²) >= 11 is 13.1. The number of halogens is 2. The second kappa shape index (κ2) is 12.8. The Balaban J connectivity index is 1.51. The zero-order chi connectivity index (χ0) is 25.4. The van der Waals surface area contributed by atoms with E-state index < -0.39 is 6.10 Å². The Bertz CT molecular complexity index is 1170. The molecule has 1 heterocycles. The van der Waals surface area contributed by atoms with Crippen LogP contribution in [0.4, 0.5) is 5.69 Å². The monoisotopic (exact) mass is 535 g/mol. The van der Waals surface area contributed by atoms with Crippen LogP contribution in [0.15, 0.2) is 47.6 Å². The maximum atomic E-state index is 12.5.